The number of nitro benzene ring substituents is 2. The van der Waals surface area contributed by atoms with Crippen molar-refractivity contribution in [3.63, 3.8) is 0 Å². The van der Waals surface area contributed by atoms with Crippen LogP contribution in [0.25, 0.3) is 31.3 Å². The Morgan fingerprint density at radius 1 is 0.511 bits per heavy atom. The number of non-ortho nitro benzene ring substituents is 2. The Morgan fingerprint density at radius 2 is 0.851 bits per heavy atom. The fraction of sp³-hybridized carbons (Fsp3) is 0. The zero-order valence-corrected chi connectivity index (χ0v) is 26.2. The Hall–Kier alpha value is -5.48. The number of aromatic nitrogens is 2. The van der Waals surface area contributed by atoms with Crippen molar-refractivity contribution in [2.75, 3.05) is 0 Å². The molecule has 0 fully saturated rings. The molecule has 0 N–H and O–H groups in total. The molecule has 0 aliphatic carbocycles. The summed E-state index contributed by atoms with van der Waals surface area (Å²) in [6.45, 7) is 0. The molecule has 2 aromatic heterocycles. The number of nitro groups is 2. The number of hydrogen-bond acceptors (Lipinski definition) is 10. The zero-order valence-electron chi connectivity index (χ0n) is 23.6. The van der Waals surface area contributed by atoms with Gasteiger partial charge in [0.1, 0.15) is 20.0 Å². The Balaban J connectivity index is 0.000000208. The van der Waals surface area contributed by atoms with E-state index in [0.29, 0.717) is 11.0 Å². The molecule has 14 nitrogen and oxygen atoms in total. The van der Waals surface area contributed by atoms with Crippen molar-refractivity contribution in [3.05, 3.63) is 151 Å². The summed E-state index contributed by atoms with van der Waals surface area (Å²) in [6.07, 6.45) is 3.11. The Labute approximate surface area is 278 Å². The fourth-order valence-electron chi connectivity index (χ4n) is 4.17. The second kappa shape index (κ2) is 14.3. The predicted molar refractivity (Wildman–Crippen MR) is 170 cm³/mol. The maximum absolute atomic E-state index is 12.4. The minimum atomic E-state index is -3.98. The second-order valence-electron chi connectivity index (χ2n) is 9.34. The van der Waals surface area contributed by atoms with Crippen LogP contribution in [0.5, 0.6) is 0 Å². The van der Waals surface area contributed by atoms with Gasteiger partial charge in [0.2, 0.25) is 0 Å². The number of rotatable bonds is 8. The van der Waals surface area contributed by atoms with E-state index in [4.69, 9.17) is 0 Å². The van der Waals surface area contributed by atoms with Gasteiger partial charge in [-0.25, -0.2) is 16.8 Å². The van der Waals surface area contributed by atoms with Gasteiger partial charge in [-0.1, -0.05) is 48.5 Å². The summed E-state index contributed by atoms with van der Waals surface area (Å²) in [4.78, 5) is 28.1. The van der Waals surface area contributed by atoms with Crippen molar-refractivity contribution in [3.8, 4) is 0 Å². The van der Waals surface area contributed by atoms with Crippen molar-refractivity contribution in [1.82, 2.24) is 9.97 Å². The Kier molecular flexibility index (Phi) is 10.5. The van der Waals surface area contributed by atoms with Gasteiger partial charge in [0, 0.05) is 36.7 Å². The first-order chi connectivity index (χ1) is 21.9. The molecule has 0 amide bonds. The van der Waals surface area contributed by atoms with E-state index in [1.165, 1.54) is 0 Å². The number of sulfonamides is 2. The van der Waals surface area contributed by atoms with Crippen LogP contribution in [0, 0.1) is 20.2 Å². The van der Waals surface area contributed by atoms with E-state index in [1.54, 1.807) is 73.1 Å². The summed E-state index contributed by atoms with van der Waals surface area (Å²) in [5.41, 5.74) is 1.02. The summed E-state index contributed by atoms with van der Waals surface area (Å²) in [7, 11) is -7.97. The average Bonchev–Trinajstić information content (AvgIpc) is 3.05. The summed E-state index contributed by atoms with van der Waals surface area (Å²) in [5, 5.41) is 22.8. The van der Waals surface area contributed by atoms with Gasteiger partial charge in [0.15, 0.2) is 0 Å². The van der Waals surface area contributed by atoms with Crippen LogP contribution in [0.4, 0.5) is 22.7 Å². The van der Waals surface area contributed by atoms with E-state index in [0.717, 1.165) is 59.3 Å². The molecule has 0 aliphatic heterocycles. The molecule has 6 rings (SSSR count). The van der Waals surface area contributed by atoms with Crippen molar-refractivity contribution in [1.29, 1.82) is 0 Å². The molecule has 2 heterocycles. The first kappa shape index (κ1) is 34.4. The van der Waals surface area contributed by atoms with E-state index in [-0.39, 0.29) is 49.6 Å². The van der Waals surface area contributed by atoms with E-state index in [9.17, 15) is 37.1 Å². The molecule has 0 saturated carbocycles. The Bertz CT molecular complexity index is 2130. The molecule has 0 aliphatic rings. The van der Waals surface area contributed by atoms with Crippen LogP contribution in [0.15, 0.2) is 131 Å². The minimum absolute atomic E-state index is 0. The quantitative estimate of drug-likeness (QED) is 0.0887. The largest absolute Gasteiger partial charge is 2.00 e. The molecule has 0 atom stereocenters. The number of hydrogen-bond donors (Lipinski definition) is 0. The van der Waals surface area contributed by atoms with Gasteiger partial charge in [-0.3, -0.25) is 30.2 Å². The number of para-hydroxylation sites is 2. The molecular formula is C30H20CuN6O8S2. The number of fused-ring (bicyclic) bond motifs is 2. The van der Waals surface area contributed by atoms with Crippen molar-refractivity contribution in [2.24, 2.45) is 0 Å². The van der Waals surface area contributed by atoms with Crippen LogP contribution < -0.4 is 0 Å². The normalized spacial score (nSPS) is 11.1. The van der Waals surface area contributed by atoms with Crippen LogP contribution in [0.1, 0.15) is 0 Å². The molecule has 241 valence electrons. The summed E-state index contributed by atoms with van der Waals surface area (Å²) in [5.74, 6) is 0. The zero-order chi connectivity index (χ0) is 32.9. The van der Waals surface area contributed by atoms with E-state index < -0.39 is 29.9 Å². The van der Waals surface area contributed by atoms with Crippen LogP contribution in [0.3, 0.4) is 0 Å². The molecular weight excluding hydrogens is 700 g/mol. The van der Waals surface area contributed by atoms with Gasteiger partial charge in [-0.2, -0.15) is 0 Å². The molecule has 0 bridgehead atoms. The van der Waals surface area contributed by atoms with Crippen molar-refractivity contribution in [2.45, 2.75) is 9.79 Å². The molecule has 0 unspecified atom stereocenters. The van der Waals surface area contributed by atoms with Crippen LogP contribution >= 0.6 is 0 Å². The SMILES string of the molecule is O=[N+]([O-])c1ccc(S(=O)(=O)[N-]c2cccc3cccnc23)cc1.O=[N+]([O-])c1ccc(S(=O)(=O)[N-]c2cccc3cccnc23)cc1.[Cu+2]. The monoisotopic (exact) mass is 719 g/mol. The maximum atomic E-state index is 12.4. The minimum Gasteiger partial charge on any atom is -0.571 e. The van der Waals surface area contributed by atoms with Crippen LogP contribution in [0.2, 0.25) is 0 Å². The smallest absolute Gasteiger partial charge is 0.571 e. The van der Waals surface area contributed by atoms with Gasteiger partial charge in [0.25, 0.3) is 11.4 Å². The maximum Gasteiger partial charge on any atom is 2.00 e. The molecule has 47 heavy (non-hydrogen) atoms. The number of nitrogens with zero attached hydrogens (tertiary/aromatic N) is 6. The molecule has 17 heteroatoms. The van der Waals surface area contributed by atoms with E-state index in [2.05, 4.69) is 19.4 Å². The van der Waals surface area contributed by atoms with Gasteiger partial charge >= 0.3 is 17.1 Å². The Morgan fingerprint density at radius 3 is 1.19 bits per heavy atom. The second-order valence-corrected chi connectivity index (χ2v) is 12.5. The van der Waals surface area contributed by atoms with Crippen LogP contribution in [-0.2, 0) is 37.1 Å². The van der Waals surface area contributed by atoms with Crippen LogP contribution in [-0.4, -0.2) is 36.7 Å². The summed E-state index contributed by atoms with van der Waals surface area (Å²) < 4.78 is 57.1. The van der Waals surface area contributed by atoms with Crippen molar-refractivity contribution >= 4 is 64.6 Å². The third kappa shape index (κ3) is 8.03. The standard InChI is InChI=1S/2C15H10N3O4S.Cu/c2*19-18(20)12-6-8-13(9-7-12)23(21,22)17-14-5-1-3-11-4-2-10-16-15(11)14;/h2*1-10H;/q2*-1;+2. The van der Waals surface area contributed by atoms with Gasteiger partial charge in [-0.15, -0.1) is 11.4 Å². The number of benzene rings is 4. The van der Waals surface area contributed by atoms with Gasteiger partial charge in [0.05, 0.1) is 30.7 Å². The molecule has 0 saturated heterocycles. The molecule has 4 aromatic carbocycles. The van der Waals surface area contributed by atoms with Gasteiger partial charge in [-0.05, 0) is 47.2 Å². The molecule has 1 radical (unpaired) electrons. The van der Waals surface area contributed by atoms with Crippen molar-refractivity contribution < 1.29 is 43.8 Å². The van der Waals surface area contributed by atoms with Gasteiger partial charge < -0.3 is 9.44 Å². The van der Waals surface area contributed by atoms with E-state index >= 15 is 0 Å². The topological polar surface area (TPSA) is 209 Å². The summed E-state index contributed by atoms with van der Waals surface area (Å²) >= 11 is 0. The first-order valence-electron chi connectivity index (χ1n) is 13.1. The fourth-order valence-corrected chi connectivity index (χ4v) is 6.15. The van der Waals surface area contributed by atoms with E-state index in [1.807, 2.05) is 0 Å². The average molecular weight is 720 g/mol. The molecule has 6 aromatic rings. The third-order valence-electron chi connectivity index (χ3n) is 6.35. The summed E-state index contributed by atoms with van der Waals surface area (Å²) in [6, 6.07) is 26.4. The predicted octanol–water partition coefficient (Wildman–Crippen LogP) is 7.07. The number of pyridine rings is 2. The first-order valence-corrected chi connectivity index (χ1v) is 15.9. The molecule has 0 spiro atoms. The third-order valence-corrected chi connectivity index (χ3v) is 8.96.